The van der Waals surface area contributed by atoms with E-state index in [-0.39, 0.29) is 18.1 Å². The summed E-state index contributed by atoms with van der Waals surface area (Å²) in [4.78, 5) is 17.7. The molecule has 2 aromatic carbocycles. The lowest BCUT2D eigenvalue weighted by atomic mass is 10.2. The number of hydrogen-bond acceptors (Lipinski definition) is 4. The molecule has 1 amide bonds. The highest BCUT2D eigenvalue weighted by molar-refractivity contribution is 7.15. The fourth-order valence-corrected chi connectivity index (χ4v) is 3.54. The Bertz CT molecular complexity index is 908. The highest BCUT2D eigenvalue weighted by Crippen LogP contribution is 2.34. The summed E-state index contributed by atoms with van der Waals surface area (Å²) in [5.74, 6) is 0.154. The number of hydrogen-bond donors (Lipinski definition) is 1. The Morgan fingerprint density at radius 1 is 1.24 bits per heavy atom. The summed E-state index contributed by atoms with van der Waals surface area (Å²) in [5.41, 5.74) is 2.15. The predicted octanol–water partition coefficient (Wildman–Crippen LogP) is 4.45. The molecule has 0 radical (unpaired) electrons. The molecule has 0 saturated carbocycles. The van der Waals surface area contributed by atoms with Crippen LogP contribution in [0.5, 0.6) is 5.75 Å². The summed E-state index contributed by atoms with van der Waals surface area (Å²) in [7, 11) is 1.62. The Morgan fingerprint density at radius 2 is 2.04 bits per heavy atom. The maximum atomic E-state index is 13.2. The minimum Gasteiger partial charge on any atom is -0.496 e. The van der Waals surface area contributed by atoms with Crippen molar-refractivity contribution in [3.05, 3.63) is 64.9 Å². The van der Waals surface area contributed by atoms with Gasteiger partial charge < -0.3 is 10.1 Å². The fourth-order valence-electron chi connectivity index (χ4n) is 2.45. The Hall–Kier alpha value is -2.73. The number of aryl methyl sites for hydroxylation is 1. The minimum absolute atomic E-state index is 0.190. The van der Waals surface area contributed by atoms with Crippen LogP contribution in [0.1, 0.15) is 10.6 Å². The number of nitrogens with one attached hydrogen (secondary N) is 1. The van der Waals surface area contributed by atoms with Gasteiger partial charge in [0, 0.05) is 10.6 Å². The van der Waals surface area contributed by atoms with Crippen molar-refractivity contribution in [2.45, 2.75) is 13.3 Å². The molecule has 0 unspecified atom stereocenters. The van der Waals surface area contributed by atoms with E-state index in [1.807, 2.05) is 31.2 Å². The van der Waals surface area contributed by atoms with Gasteiger partial charge >= 0.3 is 0 Å². The van der Waals surface area contributed by atoms with Crippen molar-refractivity contribution in [3.8, 4) is 16.3 Å². The minimum atomic E-state index is -0.384. The number of aromatic nitrogens is 1. The van der Waals surface area contributed by atoms with Crippen LogP contribution in [0.3, 0.4) is 0 Å². The number of amides is 1. The number of methoxy groups -OCH3 is 1. The number of rotatable bonds is 5. The number of carbonyl (C=O) groups is 1. The first kappa shape index (κ1) is 17.1. The van der Waals surface area contributed by atoms with Crippen LogP contribution in [0, 0.1) is 12.7 Å². The first-order valence-corrected chi connectivity index (χ1v) is 8.53. The van der Waals surface area contributed by atoms with E-state index in [1.54, 1.807) is 19.2 Å². The smallest absolute Gasteiger partial charge is 0.229 e. The average molecular weight is 356 g/mol. The molecule has 3 aromatic rings. The maximum absolute atomic E-state index is 13.2. The lowest BCUT2D eigenvalue weighted by molar-refractivity contribution is -0.115. The number of halogens is 1. The molecule has 1 N–H and O–H groups in total. The first-order valence-electron chi connectivity index (χ1n) is 7.72. The summed E-state index contributed by atoms with van der Waals surface area (Å²) in [6.45, 7) is 1.88. The van der Waals surface area contributed by atoms with E-state index < -0.39 is 0 Å². The van der Waals surface area contributed by atoms with Crippen LogP contribution in [-0.2, 0) is 11.2 Å². The zero-order chi connectivity index (χ0) is 17.8. The fraction of sp³-hybridized carbons (Fsp3) is 0.158. The van der Waals surface area contributed by atoms with Crippen molar-refractivity contribution in [2.75, 3.05) is 12.4 Å². The Morgan fingerprint density at radius 3 is 2.80 bits per heavy atom. The molecule has 0 bridgehead atoms. The van der Waals surface area contributed by atoms with Gasteiger partial charge in [0.2, 0.25) is 5.91 Å². The lowest BCUT2D eigenvalue weighted by Crippen LogP contribution is -2.14. The zero-order valence-electron chi connectivity index (χ0n) is 13.9. The molecule has 1 aromatic heterocycles. The van der Waals surface area contributed by atoms with Crippen molar-refractivity contribution in [1.82, 2.24) is 4.98 Å². The quantitative estimate of drug-likeness (QED) is 0.735. The van der Waals surface area contributed by atoms with Gasteiger partial charge in [-0.25, -0.2) is 9.37 Å². The van der Waals surface area contributed by atoms with Gasteiger partial charge in [-0.3, -0.25) is 4.79 Å². The van der Waals surface area contributed by atoms with Crippen LogP contribution in [0.15, 0.2) is 48.5 Å². The van der Waals surface area contributed by atoms with Gasteiger partial charge in [0.25, 0.3) is 0 Å². The van der Waals surface area contributed by atoms with E-state index in [9.17, 15) is 9.18 Å². The van der Waals surface area contributed by atoms with E-state index in [4.69, 9.17) is 4.74 Å². The summed E-state index contributed by atoms with van der Waals surface area (Å²) in [6, 6.07) is 13.5. The second kappa shape index (κ2) is 7.44. The largest absolute Gasteiger partial charge is 0.496 e. The van der Waals surface area contributed by atoms with E-state index in [0.717, 1.165) is 26.9 Å². The summed E-state index contributed by atoms with van der Waals surface area (Å²) in [5, 5.41) is 3.51. The number of ether oxygens (including phenoxy) is 1. The van der Waals surface area contributed by atoms with Gasteiger partial charge in [-0.05, 0) is 37.3 Å². The Kier molecular flexibility index (Phi) is 5.09. The number of thiazole rings is 1. The molecule has 0 aliphatic carbocycles. The third-order valence-corrected chi connectivity index (χ3v) is 4.85. The van der Waals surface area contributed by atoms with Crippen molar-refractivity contribution in [2.24, 2.45) is 0 Å². The second-order valence-corrected chi connectivity index (χ2v) is 6.55. The van der Waals surface area contributed by atoms with Crippen molar-refractivity contribution in [1.29, 1.82) is 0 Å². The second-order valence-electron chi connectivity index (χ2n) is 5.46. The van der Waals surface area contributed by atoms with E-state index in [2.05, 4.69) is 10.3 Å². The van der Waals surface area contributed by atoms with Gasteiger partial charge in [0.1, 0.15) is 16.6 Å². The molecule has 25 heavy (non-hydrogen) atoms. The normalized spacial score (nSPS) is 10.5. The first-order chi connectivity index (χ1) is 12.1. The predicted molar refractivity (Wildman–Crippen MR) is 97.6 cm³/mol. The monoisotopic (exact) mass is 356 g/mol. The molecular weight excluding hydrogens is 339 g/mol. The van der Waals surface area contributed by atoms with Gasteiger partial charge in [0.05, 0.1) is 24.8 Å². The molecule has 4 nitrogen and oxygen atoms in total. The van der Waals surface area contributed by atoms with Crippen LogP contribution >= 0.6 is 11.3 Å². The van der Waals surface area contributed by atoms with E-state index in [1.165, 1.54) is 23.5 Å². The molecule has 128 valence electrons. The molecule has 0 fully saturated rings. The molecule has 3 rings (SSSR count). The van der Waals surface area contributed by atoms with Gasteiger partial charge in [-0.2, -0.15) is 0 Å². The molecular formula is C19H17FN2O2S. The number of carbonyl (C=O) groups excluding carboxylic acids is 1. The molecule has 0 saturated heterocycles. The van der Waals surface area contributed by atoms with Crippen LogP contribution in [-0.4, -0.2) is 18.0 Å². The standard InChI is InChI=1S/C19H17FN2O2S/c1-12-17(11-18(23)22-14-7-5-6-13(20)10-14)25-19(21-12)15-8-3-4-9-16(15)24-2/h3-10H,11H2,1-2H3,(H,22,23). The topological polar surface area (TPSA) is 51.2 Å². The number of para-hydroxylation sites is 1. The average Bonchev–Trinajstić information content (AvgIpc) is 2.95. The summed E-state index contributed by atoms with van der Waals surface area (Å²) >= 11 is 1.46. The van der Waals surface area contributed by atoms with Gasteiger partial charge in [-0.15, -0.1) is 11.3 Å². The number of anilines is 1. The molecule has 1 heterocycles. The van der Waals surface area contributed by atoms with E-state index >= 15 is 0 Å². The molecule has 0 atom stereocenters. The van der Waals surface area contributed by atoms with Crippen LogP contribution in [0.4, 0.5) is 10.1 Å². The summed E-state index contributed by atoms with van der Waals surface area (Å²) in [6.07, 6.45) is 0.190. The molecule has 0 spiro atoms. The highest BCUT2D eigenvalue weighted by Gasteiger charge is 2.15. The van der Waals surface area contributed by atoms with Crippen molar-refractivity contribution in [3.63, 3.8) is 0 Å². The number of benzene rings is 2. The van der Waals surface area contributed by atoms with Crippen molar-refractivity contribution < 1.29 is 13.9 Å². The summed E-state index contributed by atoms with van der Waals surface area (Å²) < 4.78 is 18.6. The molecule has 0 aliphatic rings. The lowest BCUT2D eigenvalue weighted by Gasteiger charge is -2.05. The van der Waals surface area contributed by atoms with Crippen LogP contribution < -0.4 is 10.1 Å². The van der Waals surface area contributed by atoms with Crippen LogP contribution in [0.25, 0.3) is 10.6 Å². The van der Waals surface area contributed by atoms with Gasteiger partial charge in [-0.1, -0.05) is 18.2 Å². The maximum Gasteiger partial charge on any atom is 0.229 e. The third kappa shape index (κ3) is 4.03. The van der Waals surface area contributed by atoms with E-state index in [0.29, 0.717) is 5.69 Å². The number of nitrogens with zero attached hydrogens (tertiary/aromatic N) is 1. The highest BCUT2D eigenvalue weighted by atomic mass is 32.1. The SMILES string of the molecule is COc1ccccc1-c1nc(C)c(CC(=O)Nc2cccc(F)c2)s1. The van der Waals surface area contributed by atoms with Crippen LogP contribution in [0.2, 0.25) is 0 Å². The zero-order valence-corrected chi connectivity index (χ0v) is 14.7. The van der Waals surface area contributed by atoms with Crippen molar-refractivity contribution >= 4 is 22.9 Å². The molecule has 0 aliphatic heterocycles. The Balaban J connectivity index is 1.77. The van der Waals surface area contributed by atoms with Gasteiger partial charge in [0.15, 0.2) is 0 Å². The third-order valence-electron chi connectivity index (χ3n) is 3.66. The molecule has 6 heteroatoms. The Labute approximate surface area is 149 Å².